The summed E-state index contributed by atoms with van der Waals surface area (Å²) < 4.78 is 0. The van der Waals surface area contributed by atoms with E-state index >= 15 is 0 Å². The van der Waals surface area contributed by atoms with Crippen molar-refractivity contribution >= 4 is 23.6 Å². The second-order valence-electron chi connectivity index (χ2n) is 4.84. The number of ketones is 1. The maximum absolute atomic E-state index is 12.0. The summed E-state index contributed by atoms with van der Waals surface area (Å²) in [4.78, 5) is 47.9. The molecule has 0 spiro atoms. The van der Waals surface area contributed by atoms with E-state index in [1.165, 1.54) is 7.05 Å². The van der Waals surface area contributed by atoms with E-state index in [1.807, 2.05) is 0 Å². The molecule has 0 aromatic carbocycles. The Labute approximate surface area is 105 Å². The third-order valence-electron chi connectivity index (χ3n) is 3.63. The third-order valence-corrected chi connectivity index (χ3v) is 3.63. The largest absolute Gasteiger partial charge is 0.334 e. The predicted molar refractivity (Wildman–Crippen MR) is 61.5 cm³/mol. The van der Waals surface area contributed by atoms with E-state index in [1.54, 1.807) is 0 Å². The summed E-state index contributed by atoms with van der Waals surface area (Å²) in [7, 11) is 1.24. The number of nitrogens with zero attached hydrogens (tertiary/aromatic N) is 2. The van der Waals surface area contributed by atoms with Gasteiger partial charge in [0.2, 0.25) is 0 Å². The molecule has 98 valence electrons. The van der Waals surface area contributed by atoms with Crippen LogP contribution in [0.2, 0.25) is 0 Å². The average molecular weight is 252 g/mol. The van der Waals surface area contributed by atoms with E-state index in [2.05, 4.69) is 0 Å². The van der Waals surface area contributed by atoms with Crippen LogP contribution in [0, 0.1) is 5.92 Å². The molecule has 0 unspecified atom stereocenters. The third kappa shape index (κ3) is 2.14. The van der Waals surface area contributed by atoms with Crippen LogP contribution < -0.4 is 0 Å². The van der Waals surface area contributed by atoms with Crippen LogP contribution in [-0.2, 0) is 14.4 Å². The Morgan fingerprint density at radius 3 is 2.22 bits per heavy atom. The maximum atomic E-state index is 12.0. The summed E-state index contributed by atoms with van der Waals surface area (Å²) in [6, 6.07) is -0.700. The zero-order valence-corrected chi connectivity index (χ0v) is 10.3. The number of carbonyl (C=O) groups excluding carboxylic acids is 4. The van der Waals surface area contributed by atoms with Gasteiger partial charge >= 0.3 is 17.8 Å². The van der Waals surface area contributed by atoms with Crippen molar-refractivity contribution in [1.82, 2.24) is 9.80 Å². The molecule has 18 heavy (non-hydrogen) atoms. The Morgan fingerprint density at radius 1 is 1.11 bits per heavy atom. The fraction of sp³-hybridized carbons (Fsp3) is 0.667. The predicted octanol–water partition coefficient (Wildman–Crippen LogP) is 0.556. The molecule has 4 amide bonds. The summed E-state index contributed by atoms with van der Waals surface area (Å²) in [5.74, 6) is -1.94. The Kier molecular flexibility index (Phi) is 3.45. The molecule has 1 aliphatic heterocycles. The summed E-state index contributed by atoms with van der Waals surface area (Å²) >= 11 is 0. The number of hydrogen-bond donors (Lipinski definition) is 0. The molecule has 0 aromatic heterocycles. The van der Waals surface area contributed by atoms with Crippen LogP contribution in [0.15, 0.2) is 0 Å². The second-order valence-corrected chi connectivity index (χ2v) is 4.84. The highest BCUT2D eigenvalue weighted by atomic mass is 16.2. The van der Waals surface area contributed by atoms with Gasteiger partial charge in [-0.3, -0.25) is 19.3 Å². The van der Waals surface area contributed by atoms with Crippen LogP contribution in [0.3, 0.4) is 0 Å². The normalized spacial score (nSPS) is 21.9. The minimum Gasteiger partial charge on any atom is -0.297 e. The Balaban J connectivity index is 2.01. The molecule has 2 fully saturated rings. The van der Waals surface area contributed by atoms with Crippen molar-refractivity contribution in [3.8, 4) is 0 Å². The van der Waals surface area contributed by atoms with Gasteiger partial charge in [-0.25, -0.2) is 9.69 Å². The van der Waals surface area contributed by atoms with Crippen LogP contribution in [0.1, 0.15) is 32.1 Å². The molecule has 0 radical (unpaired) electrons. The van der Waals surface area contributed by atoms with Crippen LogP contribution in [0.25, 0.3) is 0 Å². The molecule has 0 bridgehead atoms. The summed E-state index contributed by atoms with van der Waals surface area (Å²) in [5.41, 5.74) is 0. The molecular formula is C12H16N2O4. The molecule has 0 aromatic rings. The van der Waals surface area contributed by atoms with E-state index in [9.17, 15) is 19.2 Å². The van der Waals surface area contributed by atoms with E-state index in [0.29, 0.717) is 0 Å². The number of Topliss-reactive ketones (excluding diaryl/α,β-unsaturated/α-hetero) is 1. The Morgan fingerprint density at radius 2 is 1.72 bits per heavy atom. The zero-order valence-electron chi connectivity index (χ0n) is 10.3. The van der Waals surface area contributed by atoms with Crippen LogP contribution in [0.5, 0.6) is 0 Å². The Bertz CT molecular complexity index is 412. The summed E-state index contributed by atoms with van der Waals surface area (Å²) in [6.45, 7) is -0.265. The first-order valence-corrected chi connectivity index (χ1v) is 6.18. The molecule has 1 saturated carbocycles. The number of likely N-dealkylation sites (N-methyl/N-ethyl adjacent to an activating group) is 1. The minimum absolute atomic E-state index is 0.0691. The SMILES string of the molecule is CN1C(=O)C(=O)N(CC(=O)C2CCCCC2)C1=O. The van der Waals surface area contributed by atoms with Crippen LogP contribution >= 0.6 is 0 Å². The van der Waals surface area contributed by atoms with Gasteiger partial charge in [-0.1, -0.05) is 19.3 Å². The highest BCUT2D eigenvalue weighted by Gasteiger charge is 2.43. The first-order chi connectivity index (χ1) is 8.52. The van der Waals surface area contributed by atoms with Crippen LogP contribution in [-0.4, -0.2) is 47.0 Å². The van der Waals surface area contributed by atoms with Gasteiger partial charge in [0.25, 0.3) is 0 Å². The number of urea groups is 1. The molecule has 2 aliphatic rings. The highest BCUT2D eigenvalue weighted by molar-refractivity contribution is 6.44. The fourth-order valence-corrected chi connectivity index (χ4v) is 2.46. The van der Waals surface area contributed by atoms with Crippen molar-refractivity contribution in [3.63, 3.8) is 0 Å². The van der Waals surface area contributed by atoms with Gasteiger partial charge in [0.05, 0.1) is 6.54 Å². The molecule has 1 heterocycles. The van der Waals surface area contributed by atoms with Crippen molar-refractivity contribution in [1.29, 1.82) is 0 Å². The zero-order chi connectivity index (χ0) is 13.3. The van der Waals surface area contributed by atoms with E-state index in [4.69, 9.17) is 0 Å². The van der Waals surface area contributed by atoms with Gasteiger partial charge in [-0.15, -0.1) is 0 Å². The molecular weight excluding hydrogens is 236 g/mol. The quantitative estimate of drug-likeness (QED) is 0.543. The molecule has 0 N–H and O–H groups in total. The van der Waals surface area contributed by atoms with E-state index < -0.39 is 17.8 Å². The number of rotatable bonds is 3. The lowest BCUT2D eigenvalue weighted by Crippen LogP contribution is -2.38. The molecule has 6 nitrogen and oxygen atoms in total. The van der Waals surface area contributed by atoms with Gasteiger partial charge in [-0.05, 0) is 12.8 Å². The highest BCUT2D eigenvalue weighted by Crippen LogP contribution is 2.25. The van der Waals surface area contributed by atoms with E-state index in [0.717, 1.165) is 41.9 Å². The standard InChI is InChI=1S/C12H16N2O4/c1-13-10(16)11(17)14(12(13)18)7-9(15)8-5-3-2-4-6-8/h8H,2-7H2,1H3. The lowest BCUT2D eigenvalue weighted by atomic mass is 9.86. The van der Waals surface area contributed by atoms with Gasteiger partial charge in [0, 0.05) is 13.0 Å². The molecule has 1 aliphatic carbocycles. The van der Waals surface area contributed by atoms with Crippen LogP contribution in [0.4, 0.5) is 4.79 Å². The minimum atomic E-state index is -0.897. The molecule has 1 saturated heterocycles. The first-order valence-electron chi connectivity index (χ1n) is 6.18. The number of amides is 4. The lowest BCUT2D eigenvalue weighted by molar-refractivity contribution is -0.143. The number of imide groups is 2. The topological polar surface area (TPSA) is 74.8 Å². The molecule has 0 atom stereocenters. The van der Waals surface area contributed by atoms with Crippen molar-refractivity contribution in [2.45, 2.75) is 32.1 Å². The monoisotopic (exact) mass is 252 g/mol. The summed E-state index contributed by atoms with van der Waals surface area (Å²) in [6.07, 6.45) is 4.79. The average Bonchev–Trinajstić information content (AvgIpc) is 2.57. The number of carbonyl (C=O) groups is 4. The number of hydrogen-bond acceptors (Lipinski definition) is 4. The first kappa shape index (κ1) is 12.7. The van der Waals surface area contributed by atoms with Crippen molar-refractivity contribution in [2.75, 3.05) is 13.6 Å². The van der Waals surface area contributed by atoms with Gasteiger partial charge in [0.1, 0.15) is 0 Å². The smallest absolute Gasteiger partial charge is 0.297 e. The van der Waals surface area contributed by atoms with Gasteiger partial charge < -0.3 is 0 Å². The van der Waals surface area contributed by atoms with Crippen molar-refractivity contribution in [3.05, 3.63) is 0 Å². The molecule has 6 heteroatoms. The van der Waals surface area contributed by atoms with Crippen molar-refractivity contribution in [2.24, 2.45) is 5.92 Å². The van der Waals surface area contributed by atoms with E-state index in [-0.39, 0.29) is 18.2 Å². The van der Waals surface area contributed by atoms with Crippen molar-refractivity contribution < 1.29 is 19.2 Å². The molecule has 2 rings (SSSR count). The fourth-order valence-electron chi connectivity index (χ4n) is 2.46. The second kappa shape index (κ2) is 4.88. The Hall–Kier alpha value is -1.72. The van der Waals surface area contributed by atoms with Gasteiger partial charge in [0.15, 0.2) is 5.78 Å². The summed E-state index contributed by atoms with van der Waals surface area (Å²) in [5, 5.41) is 0. The lowest BCUT2D eigenvalue weighted by Gasteiger charge is -2.22. The van der Waals surface area contributed by atoms with Gasteiger partial charge in [-0.2, -0.15) is 0 Å². The maximum Gasteiger partial charge on any atom is 0.334 e.